The van der Waals surface area contributed by atoms with Crippen molar-refractivity contribution in [2.45, 2.75) is 45.3 Å². The predicted octanol–water partition coefficient (Wildman–Crippen LogP) is 3.49. The number of hydrogen-bond donors (Lipinski definition) is 1. The molecule has 2 aromatic rings. The van der Waals surface area contributed by atoms with Gasteiger partial charge in [0.15, 0.2) is 0 Å². The van der Waals surface area contributed by atoms with Crippen LogP contribution in [0.5, 0.6) is 5.75 Å². The van der Waals surface area contributed by atoms with Gasteiger partial charge in [-0.25, -0.2) is 4.98 Å². The van der Waals surface area contributed by atoms with E-state index in [1.807, 2.05) is 30.5 Å². The number of carbonyl (C=O) groups excluding carboxylic acids is 1. The number of amides is 1. The van der Waals surface area contributed by atoms with Crippen molar-refractivity contribution in [1.82, 2.24) is 15.2 Å². The van der Waals surface area contributed by atoms with Crippen LogP contribution in [0.2, 0.25) is 0 Å². The Morgan fingerprint density at radius 1 is 1.15 bits per heavy atom. The largest absolute Gasteiger partial charge is 0.494 e. The third-order valence-corrected chi connectivity index (χ3v) is 6.63. The van der Waals surface area contributed by atoms with Crippen molar-refractivity contribution in [3.05, 3.63) is 54.2 Å². The second kappa shape index (κ2) is 11.7. The molecule has 0 saturated carbocycles. The Morgan fingerprint density at radius 3 is 2.65 bits per heavy atom. The summed E-state index contributed by atoms with van der Waals surface area (Å²) in [5, 5.41) is 3.06. The minimum absolute atomic E-state index is 0.0511. The number of rotatable bonds is 9. The molecule has 2 aliphatic rings. The molecule has 7 nitrogen and oxygen atoms in total. The first-order valence-corrected chi connectivity index (χ1v) is 12.5. The maximum Gasteiger partial charge on any atom is 0.223 e. The summed E-state index contributed by atoms with van der Waals surface area (Å²) in [6.07, 6.45) is 4.23. The number of aromatic nitrogens is 1. The molecule has 0 bridgehead atoms. The van der Waals surface area contributed by atoms with Gasteiger partial charge in [-0.3, -0.25) is 9.69 Å². The van der Waals surface area contributed by atoms with E-state index in [1.165, 1.54) is 5.56 Å². The van der Waals surface area contributed by atoms with Gasteiger partial charge in [-0.05, 0) is 62.9 Å². The molecule has 2 fully saturated rings. The summed E-state index contributed by atoms with van der Waals surface area (Å²) in [4.78, 5) is 21.7. The Balaban J connectivity index is 1.11. The summed E-state index contributed by atoms with van der Waals surface area (Å²) in [5.74, 6) is 2.13. The van der Waals surface area contributed by atoms with Crippen LogP contribution in [0.25, 0.3) is 0 Å². The van der Waals surface area contributed by atoms with Gasteiger partial charge in [-0.15, -0.1) is 0 Å². The highest BCUT2D eigenvalue weighted by Gasteiger charge is 2.32. The zero-order valence-electron chi connectivity index (χ0n) is 20.5. The van der Waals surface area contributed by atoms with E-state index >= 15 is 0 Å². The third kappa shape index (κ3) is 7.18. The number of ether oxygens (including phenoxy) is 2. The first-order valence-electron chi connectivity index (χ1n) is 12.5. The molecule has 2 saturated heterocycles. The molecule has 0 radical (unpaired) electrons. The van der Waals surface area contributed by atoms with Crippen LogP contribution in [0, 0.1) is 5.92 Å². The van der Waals surface area contributed by atoms with Crippen molar-refractivity contribution in [2.75, 3.05) is 50.8 Å². The fourth-order valence-electron chi connectivity index (χ4n) is 4.70. The summed E-state index contributed by atoms with van der Waals surface area (Å²) in [6.45, 7) is 11.0. The molecule has 1 aromatic heterocycles. The van der Waals surface area contributed by atoms with Gasteiger partial charge in [-0.2, -0.15) is 0 Å². The van der Waals surface area contributed by atoms with Crippen LogP contribution < -0.4 is 15.0 Å². The van der Waals surface area contributed by atoms with E-state index < -0.39 is 0 Å². The molecule has 1 amide bonds. The van der Waals surface area contributed by atoms with E-state index in [0.717, 1.165) is 63.6 Å². The van der Waals surface area contributed by atoms with Crippen molar-refractivity contribution in [1.29, 1.82) is 0 Å². The molecular formula is C27H38N4O3. The van der Waals surface area contributed by atoms with Gasteiger partial charge in [0.1, 0.15) is 11.6 Å². The van der Waals surface area contributed by atoms with Crippen LogP contribution in [0.3, 0.4) is 0 Å². The van der Waals surface area contributed by atoms with Gasteiger partial charge < -0.3 is 19.7 Å². The average molecular weight is 467 g/mol. The molecule has 7 heteroatoms. The number of anilines is 1. The van der Waals surface area contributed by atoms with Crippen LogP contribution in [-0.4, -0.2) is 67.3 Å². The Hall–Kier alpha value is -2.64. The lowest BCUT2D eigenvalue weighted by atomic mass is 9.88. The monoisotopic (exact) mass is 466 g/mol. The van der Waals surface area contributed by atoms with Crippen molar-refractivity contribution in [2.24, 2.45) is 5.92 Å². The first-order chi connectivity index (χ1) is 16.5. The number of benzene rings is 1. The molecule has 2 aliphatic heterocycles. The van der Waals surface area contributed by atoms with Gasteiger partial charge in [0.05, 0.1) is 12.2 Å². The highest BCUT2D eigenvalue weighted by Crippen LogP contribution is 2.28. The standard InChI is InChI=1S/C27H38N4O3/c1-27(2)20-23(11-19-34-27)26(32)29-13-5-18-33-24-9-7-22(8-10-24)21-30-14-16-31(17-15-30)25-6-3-4-12-28-25/h3-4,6-10,12,23H,5,11,13-21H2,1-2H3,(H,29,32)/t23-/m0/s1. The number of hydrogen-bond acceptors (Lipinski definition) is 6. The van der Waals surface area contributed by atoms with Crippen molar-refractivity contribution >= 4 is 11.7 Å². The number of nitrogens with zero attached hydrogens (tertiary/aromatic N) is 3. The zero-order valence-corrected chi connectivity index (χ0v) is 20.5. The van der Waals surface area contributed by atoms with Crippen LogP contribution in [0.1, 0.15) is 38.7 Å². The second-order valence-electron chi connectivity index (χ2n) is 9.89. The van der Waals surface area contributed by atoms with Gasteiger partial charge in [0, 0.05) is 58.0 Å². The lowest BCUT2D eigenvalue weighted by Crippen LogP contribution is -2.46. The summed E-state index contributed by atoms with van der Waals surface area (Å²) in [5.41, 5.74) is 1.09. The predicted molar refractivity (Wildman–Crippen MR) is 134 cm³/mol. The molecule has 4 rings (SSSR count). The van der Waals surface area contributed by atoms with Crippen molar-refractivity contribution in [3.63, 3.8) is 0 Å². The quantitative estimate of drug-likeness (QED) is 0.571. The average Bonchev–Trinajstić information content (AvgIpc) is 2.85. The molecule has 1 aromatic carbocycles. The molecular weight excluding hydrogens is 428 g/mol. The summed E-state index contributed by atoms with van der Waals surface area (Å²) < 4.78 is 11.6. The van der Waals surface area contributed by atoms with Crippen LogP contribution in [0.15, 0.2) is 48.7 Å². The normalized spacial score (nSPS) is 20.6. The van der Waals surface area contributed by atoms with E-state index in [9.17, 15) is 4.79 Å². The molecule has 184 valence electrons. The third-order valence-electron chi connectivity index (χ3n) is 6.63. The Morgan fingerprint density at radius 2 is 1.94 bits per heavy atom. The minimum Gasteiger partial charge on any atom is -0.494 e. The maximum absolute atomic E-state index is 12.4. The highest BCUT2D eigenvalue weighted by molar-refractivity contribution is 5.78. The molecule has 0 unspecified atom stereocenters. The Bertz CT molecular complexity index is 896. The summed E-state index contributed by atoms with van der Waals surface area (Å²) in [6, 6.07) is 14.5. The topological polar surface area (TPSA) is 66.9 Å². The van der Waals surface area contributed by atoms with E-state index in [0.29, 0.717) is 19.8 Å². The summed E-state index contributed by atoms with van der Waals surface area (Å²) in [7, 11) is 0. The van der Waals surface area contributed by atoms with Crippen molar-refractivity contribution in [3.8, 4) is 5.75 Å². The maximum atomic E-state index is 12.4. The highest BCUT2D eigenvalue weighted by atomic mass is 16.5. The first kappa shape index (κ1) is 24.5. The molecule has 0 spiro atoms. The van der Waals surface area contributed by atoms with E-state index in [1.54, 1.807) is 0 Å². The molecule has 1 atom stereocenters. The fourth-order valence-corrected chi connectivity index (χ4v) is 4.70. The fraction of sp³-hybridized carbons (Fsp3) is 0.556. The van der Waals surface area contributed by atoms with Crippen LogP contribution >= 0.6 is 0 Å². The Kier molecular flexibility index (Phi) is 8.40. The summed E-state index contributed by atoms with van der Waals surface area (Å²) >= 11 is 0. The lowest BCUT2D eigenvalue weighted by molar-refractivity contribution is -0.135. The van der Waals surface area contributed by atoms with E-state index in [2.05, 4.69) is 52.1 Å². The van der Waals surface area contributed by atoms with Gasteiger partial charge >= 0.3 is 0 Å². The SMILES string of the molecule is CC1(C)C[C@@H](C(=O)NCCCOc2ccc(CN3CCN(c4ccccn4)CC3)cc2)CCO1. The number of carbonyl (C=O) groups is 1. The van der Waals surface area contributed by atoms with Crippen molar-refractivity contribution < 1.29 is 14.3 Å². The smallest absolute Gasteiger partial charge is 0.223 e. The van der Waals surface area contributed by atoms with E-state index in [-0.39, 0.29) is 17.4 Å². The Labute approximate surface area is 203 Å². The molecule has 0 aliphatic carbocycles. The number of piperazine rings is 1. The second-order valence-corrected chi connectivity index (χ2v) is 9.89. The van der Waals surface area contributed by atoms with Gasteiger partial charge in [0.2, 0.25) is 5.91 Å². The van der Waals surface area contributed by atoms with Crippen LogP contribution in [-0.2, 0) is 16.1 Å². The number of nitrogens with one attached hydrogen (secondary N) is 1. The number of pyridine rings is 1. The zero-order chi connectivity index (χ0) is 23.8. The molecule has 1 N–H and O–H groups in total. The minimum atomic E-state index is -0.205. The van der Waals surface area contributed by atoms with Gasteiger partial charge in [0.25, 0.3) is 0 Å². The molecule has 3 heterocycles. The van der Waals surface area contributed by atoms with Crippen LogP contribution in [0.4, 0.5) is 5.82 Å². The van der Waals surface area contributed by atoms with E-state index in [4.69, 9.17) is 9.47 Å². The lowest BCUT2D eigenvalue weighted by Gasteiger charge is -2.35. The molecule has 34 heavy (non-hydrogen) atoms. The van der Waals surface area contributed by atoms with Gasteiger partial charge in [-0.1, -0.05) is 18.2 Å².